The standard InChI is InChI=1S/C17H14O2/c1-13-7-9-14(10-8-13)11-12-16(18)15-5-3-4-6-17(15)19-2/h3-10H,1-2H3. The van der Waals surface area contributed by atoms with Gasteiger partial charge in [0, 0.05) is 5.56 Å². The topological polar surface area (TPSA) is 26.3 Å². The SMILES string of the molecule is COc1ccccc1C(=O)C#Cc1ccc(C)cc1. The lowest BCUT2D eigenvalue weighted by Crippen LogP contribution is -1.98. The monoisotopic (exact) mass is 250 g/mol. The van der Waals surface area contributed by atoms with E-state index in [1.54, 1.807) is 25.3 Å². The molecule has 0 unspecified atom stereocenters. The summed E-state index contributed by atoms with van der Waals surface area (Å²) < 4.78 is 5.15. The van der Waals surface area contributed by atoms with E-state index in [-0.39, 0.29) is 5.78 Å². The maximum Gasteiger partial charge on any atom is 0.239 e. The molecule has 2 nitrogen and oxygen atoms in total. The fraction of sp³-hybridized carbons (Fsp3) is 0.118. The molecule has 0 N–H and O–H groups in total. The van der Waals surface area contributed by atoms with Gasteiger partial charge in [-0.2, -0.15) is 0 Å². The molecule has 2 rings (SSSR count). The normalized spacial score (nSPS) is 9.37. The van der Waals surface area contributed by atoms with Crippen molar-refractivity contribution in [3.05, 3.63) is 65.2 Å². The van der Waals surface area contributed by atoms with Crippen LogP contribution >= 0.6 is 0 Å². The molecule has 2 heteroatoms. The van der Waals surface area contributed by atoms with Gasteiger partial charge in [0.1, 0.15) is 5.75 Å². The summed E-state index contributed by atoms with van der Waals surface area (Å²) in [4.78, 5) is 12.0. The molecule has 0 saturated carbocycles. The molecule has 0 saturated heterocycles. The van der Waals surface area contributed by atoms with E-state index >= 15 is 0 Å². The van der Waals surface area contributed by atoms with Crippen LogP contribution in [0.5, 0.6) is 5.75 Å². The second-order valence-corrected chi connectivity index (χ2v) is 4.15. The van der Waals surface area contributed by atoms with E-state index in [0.717, 1.165) is 5.56 Å². The summed E-state index contributed by atoms with van der Waals surface area (Å²) in [6.45, 7) is 2.01. The highest BCUT2D eigenvalue weighted by atomic mass is 16.5. The van der Waals surface area contributed by atoms with E-state index in [2.05, 4.69) is 11.8 Å². The minimum absolute atomic E-state index is 0.238. The number of aryl methyl sites for hydroxylation is 1. The van der Waals surface area contributed by atoms with Crippen molar-refractivity contribution in [1.29, 1.82) is 0 Å². The first-order chi connectivity index (χ1) is 9.20. The van der Waals surface area contributed by atoms with Gasteiger partial charge >= 0.3 is 0 Å². The van der Waals surface area contributed by atoms with Crippen LogP contribution in [-0.4, -0.2) is 12.9 Å². The van der Waals surface area contributed by atoms with E-state index in [1.165, 1.54) is 5.56 Å². The Morgan fingerprint density at radius 1 is 1.05 bits per heavy atom. The third-order valence-electron chi connectivity index (χ3n) is 2.72. The molecule has 0 radical (unpaired) electrons. The average molecular weight is 250 g/mol. The number of methoxy groups -OCH3 is 1. The summed E-state index contributed by atoms with van der Waals surface area (Å²) in [5.41, 5.74) is 2.49. The van der Waals surface area contributed by atoms with Gasteiger partial charge in [-0.1, -0.05) is 35.7 Å². The Morgan fingerprint density at radius 3 is 2.42 bits per heavy atom. The fourth-order valence-corrected chi connectivity index (χ4v) is 1.67. The van der Waals surface area contributed by atoms with Crippen molar-refractivity contribution >= 4 is 5.78 Å². The molecule has 0 heterocycles. The minimum atomic E-state index is -0.238. The molecule has 2 aromatic rings. The van der Waals surface area contributed by atoms with E-state index in [4.69, 9.17) is 4.74 Å². The number of carbonyl (C=O) groups excluding carboxylic acids is 1. The largest absolute Gasteiger partial charge is 0.496 e. The zero-order valence-electron chi connectivity index (χ0n) is 10.9. The first kappa shape index (κ1) is 12.9. The predicted molar refractivity (Wildman–Crippen MR) is 75.4 cm³/mol. The van der Waals surface area contributed by atoms with Crippen molar-refractivity contribution in [2.75, 3.05) is 7.11 Å². The number of hydrogen-bond donors (Lipinski definition) is 0. The summed E-state index contributed by atoms with van der Waals surface area (Å²) in [6, 6.07) is 14.8. The number of benzene rings is 2. The molecule has 0 spiro atoms. The molecule has 0 amide bonds. The maximum atomic E-state index is 12.0. The Morgan fingerprint density at radius 2 is 1.74 bits per heavy atom. The van der Waals surface area contributed by atoms with Crippen molar-refractivity contribution < 1.29 is 9.53 Å². The highest BCUT2D eigenvalue weighted by Gasteiger charge is 2.08. The van der Waals surface area contributed by atoms with Crippen LogP contribution < -0.4 is 4.74 Å². The van der Waals surface area contributed by atoms with Crippen molar-refractivity contribution in [3.8, 4) is 17.6 Å². The summed E-state index contributed by atoms with van der Waals surface area (Å²) >= 11 is 0. The summed E-state index contributed by atoms with van der Waals surface area (Å²) in [6.07, 6.45) is 0. The van der Waals surface area contributed by atoms with Crippen LogP contribution in [-0.2, 0) is 0 Å². The second-order valence-electron chi connectivity index (χ2n) is 4.15. The van der Waals surface area contributed by atoms with Crippen LogP contribution in [0.25, 0.3) is 0 Å². The molecule has 2 aromatic carbocycles. The summed E-state index contributed by atoms with van der Waals surface area (Å²) in [5, 5.41) is 0. The van der Waals surface area contributed by atoms with Gasteiger partial charge in [0.2, 0.25) is 5.78 Å². The maximum absolute atomic E-state index is 12.0. The van der Waals surface area contributed by atoms with Gasteiger partial charge in [-0.05, 0) is 37.1 Å². The van der Waals surface area contributed by atoms with Gasteiger partial charge in [-0.3, -0.25) is 4.79 Å². The Bertz CT molecular complexity index is 643. The Hall–Kier alpha value is -2.53. The first-order valence-electron chi connectivity index (χ1n) is 5.97. The van der Waals surface area contributed by atoms with Gasteiger partial charge in [0.15, 0.2) is 0 Å². The molecule has 0 fully saturated rings. The number of ketones is 1. The average Bonchev–Trinajstić information content (AvgIpc) is 2.46. The van der Waals surface area contributed by atoms with Gasteiger partial charge in [-0.15, -0.1) is 0 Å². The van der Waals surface area contributed by atoms with Crippen molar-refractivity contribution in [1.82, 2.24) is 0 Å². The minimum Gasteiger partial charge on any atom is -0.496 e. The quantitative estimate of drug-likeness (QED) is 0.604. The second kappa shape index (κ2) is 5.88. The highest BCUT2D eigenvalue weighted by molar-refractivity contribution is 6.11. The first-order valence-corrected chi connectivity index (χ1v) is 5.97. The van der Waals surface area contributed by atoms with Crippen LogP contribution in [0.15, 0.2) is 48.5 Å². The number of para-hydroxylation sites is 1. The van der Waals surface area contributed by atoms with E-state index in [1.807, 2.05) is 37.3 Å². The molecular weight excluding hydrogens is 236 g/mol. The van der Waals surface area contributed by atoms with Crippen LogP contribution in [0.2, 0.25) is 0 Å². The Labute approximate surface area is 113 Å². The number of rotatable bonds is 2. The molecule has 0 aromatic heterocycles. The van der Waals surface area contributed by atoms with Gasteiger partial charge in [-0.25, -0.2) is 0 Å². The molecular formula is C17H14O2. The van der Waals surface area contributed by atoms with Crippen molar-refractivity contribution in [2.45, 2.75) is 6.92 Å². The molecule has 0 aliphatic rings. The van der Waals surface area contributed by atoms with Crippen molar-refractivity contribution in [2.24, 2.45) is 0 Å². The summed E-state index contributed by atoms with van der Waals surface area (Å²) in [7, 11) is 1.54. The zero-order valence-corrected chi connectivity index (χ0v) is 10.9. The smallest absolute Gasteiger partial charge is 0.239 e. The predicted octanol–water partition coefficient (Wildman–Crippen LogP) is 3.24. The lowest BCUT2D eigenvalue weighted by atomic mass is 10.1. The molecule has 0 aliphatic carbocycles. The number of Topliss-reactive ketones (excluding diaryl/α,β-unsaturated/α-hetero) is 1. The molecule has 0 atom stereocenters. The van der Waals surface area contributed by atoms with Crippen LogP contribution in [0, 0.1) is 18.8 Å². The third kappa shape index (κ3) is 3.23. The number of ether oxygens (including phenoxy) is 1. The van der Waals surface area contributed by atoms with E-state index in [9.17, 15) is 4.79 Å². The Kier molecular flexibility index (Phi) is 4.00. The highest BCUT2D eigenvalue weighted by Crippen LogP contribution is 2.17. The van der Waals surface area contributed by atoms with Crippen LogP contribution in [0.3, 0.4) is 0 Å². The summed E-state index contributed by atoms with van der Waals surface area (Å²) in [5.74, 6) is 5.82. The molecule has 0 bridgehead atoms. The lowest BCUT2D eigenvalue weighted by Gasteiger charge is -2.02. The number of hydrogen-bond acceptors (Lipinski definition) is 2. The molecule has 19 heavy (non-hydrogen) atoms. The lowest BCUT2D eigenvalue weighted by molar-refractivity contribution is 0.105. The van der Waals surface area contributed by atoms with Gasteiger partial charge in [0.25, 0.3) is 0 Å². The van der Waals surface area contributed by atoms with Crippen LogP contribution in [0.4, 0.5) is 0 Å². The van der Waals surface area contributed by atoms with Crippen LogP contribution in [0.1, 0.15) is 21.5 Å². The van der Waals surface area contributed by atoms with E-state index in [0.29, 0.717) is 11.3 Å². The fourth-order valence-electron chi connectivity index (χ4n) is 1.67. The number of carbonyl (C=O) groups is 1. The third-order valence-corrected chi connectivity index (χ3v) is 2.72. The molecule has 94 valence electrons. The van der Waals surface area contributed by atoms with Gasteiger partial charge < -0.3 is 4.74 Å². The Balaban J connectivity index is 2.24. The van der Waals surface area contributed by atoms with Gasteiger partial charge in [0.05, 0.1) is 12.7 Å². The zero-order chi connectivity index (χ0) is 13.7. The van der Waals surface area contributed by atoms with Crippen molar-refractivity contribution in [3.63, 3.8) is 0 Å². The van der Waals surface area contributed by atoms with E-state index < -0.39 is 0 Å². The molecule has 0 aliphatic heterocycles.